The van der Waals surface area contributed by atoms with E-state index in [-0.39, 0.29) is 24.2 Å². The summed E-state index contributed by atoms with van der Waals surface area (Å²) in [6.45, 7) is 5.90. The van der Waals surface area contributed by atoms with Gasteiger partial charge in [-0.2, -0.15) is 5.10 Å². The van der Waals surface area contributed by atoms with Crippen molar-refractivity contribution < 1.29 is 28.5 Å². The van der Waals surface area contributed by atoms with Gasteiger partial charge in [-0.1, -0.05) is 13.8 Å². The lowest BCUT2D eigenvalue weighted by atomic mass is 9.66. The smallest absolute Gasteiger partial charge is 0.335 e. The zero-order chi connectivity index (χ0) is 25.3. The Kier molecular flexibility index (Phi) is 5.26. The van der Waals surface area contributed by atoms with Gasteiger partial charge in [0.1, 0.15) is 11.3 Å². The van der Waals surface area contributed by atoms with E-state index in [0.29, 0.717) is 39.7 Å². The molecule has 0 atom stereocenters. The maximum absolute atomic E-state index is 16.1. The maximum atomic E-state index is 16.1. The summed E-state index contributed by atoms with van der Waals surface area (Å²) >= 11 is 0. The number of ether oxygens (including phenoxy) is 1. The highest BCUT2D eigenvalue weighted by atomic mass is 19.1. The topological polar surface area (TPSA) is 100 Å². The first-order valence-electron chi connectivity index (χ1n) is 11.4. The van der Waals surface area contributed by atoms with Gasteiger partial charge < -0.3 is 19.5 Å². The van der Waals surface area contributed by atoms with E-state index in [2.05, 4.69) is 10.2 Å². The number of nitrogens with zero attached hydrogens (tertiary/aromatic N) is 2. The number of hydrogen-bond donors (Lipinski definition) is 3. The lowest BCUT2D eigenvalue weighted by Crippen LogP contribution is -2.49. The van der Waals surface area contributed by atoms with Crippen LogP contribution in [-0.2, 0) is 14.9 Å². The fraction of sp³-hybridized carbons (Fsp3) is 0.385. The highest BCUT2D eigenvalue weighted by molar-refractivity contribution is 6.00. The van der Waals surface area contributed by atoms with Crippen molar-refractivity contribution in [2.75, 3.05) is 13.7 Å². The molecule has 1 aliphatic rings. The van der Waals surface area contributed by atoms with E-state index >= 15 is 4.39 Å². The van der Waals surface area contributed by atoms with E-state index in [9.17, 15) is 19.4 Å². The number of carboxylic acids is 1. The number of halogens is 2. The van der Waals surface area contributed by atoms with Crippen molar-refractivity contribution in [2.45, 2.75) is 50.5 Å². The quantitative estimate of drug-likeness (QED) is 0.369. The van der Waals surface area contributed by atoms with Crippen LogP contribution in [0.3, 0.4) is 0 Å². The number of carboxylic acid groups (broad SMARTS) is 1. The molecule has 0 radical (unpaired) electrons. The lowest BCUT2D eigenvalue weighted by molar-refractivity contribution is -0.169. The summed E-state index contributed by atoms with van der Waals surface area (Å²) in [5.74, 6) is -2.54. The van der Waals surface area contributed by atoms with Gasteiger partial charge in [-0.3, -0.25) is 5.10 Å². The predicted molar refractivity (Wildman–Crippen MR) is 127 cm³/mol. The van der Waals surface area contributed by atoms with Gasteiger partial charge in [-0.05, 0) is 61.1 Å². The van der Waals surface area contributed by atoms with Crippen molar-refractivity contribution in [2.24, 2.45) is 0 Å². The minimum Gasteiger partial charge on any atom is -0.479 e. The van der Waals surface area contributed by atoms with Gasteiger partial charge in [0.05, 0.1) is 18.3 Å². The van der Waals surface area contributed by atoms with Crippen LogP contribution in [0.4, 0.5) is 8.78 Å². The number of methoxy groups -OCH3 is 1. The molecule has 2 aromatic carbocycles. The van der Waals surface area contributed by atoms with Crippen molar-refractivity contribution in [3.05, 3.63) is 58.9 Å². The number of rotatable bonds is 6. The highest BCUT2D eigenvalue weighted by Crippen LogP contribution is 2.52. The van der Waals surface area contributed by atoms with Crippen molar-refractivity contribution in [1.82, 2.24) is 14.8 Å². The number of nitrogens with one attached hydrogen (secondary N) is 1. The Labute approximate surface area is 200 Å². The van der Waals surface area contributed by atoms with Gasteiger partial charge in [-0.15, -0.1) is 0 Å². The Balaban J connectivity index is 1.91. The normalized spacial score (nSPS) is 20.5. The Morgan fingerprint density at radius 3 is 2.66 bits per heavy atom. The Hall–Kier alpha value is -3.30. The number of aliphatic carboxylic acids is 1. The lowest BCUT2D eigenvalue weighted by Gasteiger charge is -2.42. The SMILES string of the molecule is COCC(C)(C)c1c([C@H]2C[C@](O)(C(=O)O)C2)c2c(F)c3[nH]ncc3cc2n1-c1ccc(F)c(C)c1. The first-order valence-corrected chi connectivity index (χ1v) is 11.4. The molecule has 4 aromatic rings. The monoisotopic (exact) mass is 483 g/mol. The molecule has 9 heteroatoms. The average molecular weight is 484 g/mol. The molecule has 0 unspecified atom stereocenters. The van der Waals surface area contributed by atoms with Crippen LogP contribution in [0.25, 0.3) is 27.5 Å². The Morgan fingerprint density at radius 2 is 2.03 bits per heavy atom. The molecule has 0 bridgehead atoms. The van der Waals surface area contributed by atoms with Crippen LogP contribution < -0.4 is 0 Å². The molecule has 0 amide bonds. The van der Waals surface area contributed by atoms with Crippen molar-refractivity contribution in [3.8, 4) is 5.69 Å². The Bertz CT molecular complexity index is 1480. The van der Waals surface area contributed by atoms with Gasteiger partial charge in [0, 0.05) is 34.7 Å². The molecule has 5 rings (SSSR count). The molecule has 1 fully saturated rings. The summed E-state index contributed by atoms with van der Waals surface area (Å²) in [7, 11) is 1.58. The summed E-state index contributed by atoms with van der Waals surface area (Å²) in [5, 5.41) is 27.6. The van der Waals surface area contributed by atoms with E-state index in [1.165, 1.54) is 12.3 Å². The van der Waals surface area contributed by atoms with E-state index in [1.54, 1.807) is 26.2 Å². The van der Waals surface area contributed by atoms with E-state index < -0.39 is 28.7 Å². The number of benzene rings is 2. The molecule has 184 valence electrons. The number of hydrogen-bond acceptors (Lipinski definition) is 4. The maximum Gasteiger partial charge on any atom is 0.335 e. The van der Waals surface area contributed by atoms with Gasteiger partial charge in [-0.25, -0.2) is 13.6 Å². The van der Waals surface area contributed by atoms with Crippen LogP contribution in [0.15, 0.2) is 30.5 Å². The van der Waals surface area contributed by atoms with Crippen LogP contribution in [0.1, 0.15) is 49.4 Å². The molecular weight excluding hydrogens is 456 g/mol. The van der Waals surface area contributed by atoms with E-state index in [0.717, 1.165) is 5.69 Å². The van der Waals surface area contributed by atoms with Gasteiger partial charge in [0.2, 0.25) is 0 Å². The first-order chi connectivity index (χ1) is 16.5. The number of aromatic nitrogens is 3. The summed E-state index contributed by atoms with van der Waals surface area (Å²) in [6.07, 6.45) is 1.46. The summed E-state index contributed by atoms with van der Waals surface area (Å²) < 4.78 is 37.7. The minimum atomic E-state index is -1.86. The van der Waals surface area contributed by atoms with Crippen LogP contribution in [0.2, 0.25) is 0 Å². The minimum absolute atomic E-state index is 0.0413. The zero-order valence-corrected chi connectivity index (χ0v) is 19.9. The molecule has 0 saturated heterocycles. The highest BCUT2D eigenvalue weighted by Gasteiger charge is 2.52. The van der Waals surface area contributed by atoms with Crippen LogP contribution >= 0.6 is 0 Å². The predicted octanol–water partition coefficient (Wildman–Crippen LogP) is 4.71. The fourth-order valence-corrected chi connectivity index (χ4v) is 5.49. The largest absolute Gasteiger partial charge is 0.479 e. The number of H-pyrrole nitrogens is 1. The molecule has 3 N–H and O–H groups in total. The number of aromatic amines is 1. The second-order valence-corrected chi connectivity index (χ2v) is 10.2. The molecule has 1 saturated carbocycles. The fourth-order valence-electron chi connectivity index (χ4n) is 5.49. The molecule has 0 aliphatic heterocycles. The number of carbonyl (C=O) groups is 1. The molecular formula is C26H27F2N3O4. The molecule has 2 heterocycles. The third-order valence-corrected chi connectivity index (χ3v) is 7.17. The zero-order valence-electron chi connectivity index (χ0n) is 19.9. The van der Waals surface area contributed by atoms with Crippen LogP contribution in [0, 0.1) is 18.6 Å². The summed E-state index contributed by atoms with van der Waals surface area (Å²) in [5.41, 5.74) is 0.757. The standard InChI is InChI=1S/C26H27F2N3O4/c1-13-7-16(5-6-17(13)27)31-18-8-14-11-29-30-22(14)21(28)20(18)19(23(31)25(2,3)12-35-4)15-9-26(34,10-15)24(32)33/h5-8,11,15,34H,9-10,12H2,1-4H3,(H,29,30)(H,32,33)/t15-,26+. The average Bonchev–Trinajstić information content (AvgIpc) is 3.37. The van der Waals surface area contributed by atoms with Gasteiger partial charge >= 0.3 is 5.97 Å². The van der Waals surface area contributed by atoms with Crippen LogP contribution in [-0.4, -0.2) is 50.3 Å². The number of fused-ring (bicyclic) bond motifs is 2. The van der Waals surface area contributed by atoms with Gasteiger partial charge in [0.15, 0.2) is 11.4 Å². The molecule has 2 aromatic heterocycles. The van der Waals surface area contributed by atoms with Crippen molar-refractivity contribution >= 4 is 27.8 Å². The molecule has 35 heavy (non-hydrogen) atoms. The van der Waals surface area contributed by atoms with Crippen LogP contribution in [0.5, 0.6) is 0 Å². The van der Waals surface area contributed by atoms with Crippen molar-refractivity contribution in [3.63, 3.8) is 0 Å². The third kappa shape index (κ3) is 3.44. The summed E-state index contributed by atoms with van der Waals surface area (Å²) in [4.78, 5) is 11.6. The second kappa shape index (κ2) is 7.86. The molecule has 1 aliphatic carbocycles. The van der Waals surface area contributed by atoms with E-state index in [1.807, 2.05) is 24.5 Å². The van der Waals surface area contributed by atoms with Gasteiger partial charge in [0.25, 0.3) is 0 Å². The van der Waals surface area contributed by atoms with E-state index in [4.69, 9.17) is 4.74 Å². The second-order valence-electron chi connectivity index (χ2n) is 10.2. The number of aryl methyl sites for hydroxylation is 1. The molecule has 0 spiro atoms. The summed E-state index contributed by atoms with van der Waals surface area (Å²) in [6, 6.07) is 6.55. The van der Waals surface area contributed by atoms with Crippen molar-refractivity contribution in [1.29, 1.82) is 0 Å². The number of aliphatic hydroxyl groups is 1. The first kappa shape index (κ1) is 23.4. The Morgan fingerprint density at radius 1 is 1.31 bits per heavy atom. The third-order valence-electron chi connectivity index (χ3n) is 7.17. The molecule has 7 nitrogen and oxygen atoms in total.